The monoisotopic (exact) mass is 332 g/mol. The normalized spacial score (nSPS) is 16.2. The van der Waals surface area contributed by atoms with E-state index in [1.54, 1.807) is 0 Å². The number of Topliss-reactive ketones (excluding diaryl/α,β-unsaturated/α-hetero) is 1. The SMILES string of the molecule is O=C(CCC1CCCC1)c1cc(Cl)c(Br)cc1F. The van der Waals surface area contributed by atoms with Crippen molar-refractivity contribution >= 4 is 33.3 Å². The van der Waals surface area contributed by atoms with E-state index in [0.29, 0.717) is 21.8 Å². The number of rotatable bonds is 4. The van der Waals surface area contributed by atoms with E-state index in [1.807, 2.05) is 0 Å². The molecule has 0 bridgehead atoms. The summed E-state index contributed by atoms with van der Waals surface area (Å²) in [7, 11) is 0. The predicted octanol–water partition coefficient (Wildman–Crippen LogP) is 5.39. The minimum atomic E-state index is -0.498. The number of hydrogen-bond acceptors (Lipinski definition) is 1. The van der Waals surface area contributed by atoms with Crippen LogP contribution in [0.3, 0.4) is 0 Å². The van der Waals surface area contributed by atoms with Gasteiger partial charge in [-0.1, -0.05) is 37.3 Å². The van der Waals surface area contributed by atoms with Crippen LogP contribution < -0.4 is 0 Å². The van der Waals surface area contributed by atoms with E-state index in [9.17, 15) is 9.18 Å². The molecule has 0 unspecified atom stereocenters. The summed E-state index contributed by atoms with van der Waals surface area (Å²) >= 11 is 9.03. The zero-order chi connectivity index (χ0) is 13.1. The molecule has 1 aliphatic carbocycles. The highest BCUT2D eigenvalue weighted by atomic mass is 79.9. The van der Waals surface area contributed by atoms with Crippen molar-refractivity contribution in [3.05, 3.63) is 33.0 Å². The van der Waals surface area contributed by atoms with Gasteiger partial charge in [0.25, 0.3) is 0 Å². The van der Waals surface area contributed by atoms with Gasteiger partial charge in [0.15, 0.2) is 5.78 Å². The summed E-state index contributed by atoms with van der Waals surface area (Å²) in [5, 5.41) is 0.376. The molecular weight excluding hydrogens is 319 g/mol. The molecule has 0 spiro atoms. The highest BCUT2D eigenvalue weighted by Crippen LogP contribution is 2.30. The maximum absolute atomic E-state index is 13.7. The van der Waals surface area contributed by atoms with Gasteiger partial charge in [-0.2, -0.15) is 0 Å². The second-order valence-corrected chi connectivity index (χ2v) is 6.12. The lowest BCUT2D eigenvalue weighted by Gasteiger charge is -2.09. The molecule has 0 radical (unpaired) electrons. The molecule has 1 aromatic carbocycles. The lowest BCUT2D eigenvalue weighted by atomic mass is 9.97. The highest BCUT2D eigenvalue weighted by Gasteiger charge is 2.19. The molecule has 1 fully saturated rings. The Morgan fingerprint density at radius 3 is 2.72 bits per heavy atom. The first-order chi connectivity index (χ1) is 8.58. The lowest BCUT2D eigenvalue weighted by molar-refractivity contribution is 0.0970. The molecule has 0 N–H and O–H groups in total. The number of carbonyl (C=O) groups is 1. The first-order valence-corrected chi connectivity index (χ1v) is 7.43. The summed E-state index contributed by atoms with van der Waals surface area (Å²) in [6.45, 7) is 0. The van der Waals surface area contributed by atoms with Crippen molar-refractivity contribution in [1.82, 2.24) is 0 Å². The zero-order valence-electron chi connectivity index (χ0n) is 10.0. The van der Waals surface area contributed by atoms with Crippen LogP contribution in [0.25, 0.3) is 0 Å². The molecule has 1 aliphatic rings. The van der Waals surface area contributed by atoms with Crippen LogP contribution in [-0.4, -0.2) is 5.78 Å². The number of hydrogen-bond donors (Lipinski definition) is 0. The van der Waals surface area contributed by atoms with Gasteiger partial charge in [-0.3, -0.25) is 4.79 Å². The molecule has 0 aromatic heterocycles. The Kier molecular flexibility index (Phi) is 4.79. The third-order valence-corrected chi connectivity index (χ3v) is 4.76. The van der Waals surface area contributed by atoms with Gasteiger partial charge in [0.1, 0.15) is 5.82 Å². The molecule has 0 saturated heterocycles. The minimum absolute atomic E-state index is 0.112. The molecule has 4 heteroatoms. The van der Waals surface area contributed by atoms with Gasteiger partial charge >= 0.3 is 0 Å². The van der Waals surface area contributed by atoms with Crippen LogP contribution in [0, 0.1) is 11.7 Å². The van der Waals surface area contributed by atoms with Gasteiger partial charge in [0.05, 0.1) is 10.6 Å². The van der Waals surface area contributed by atoms with Crippen molar-refractivity contribution in [3.8, 4) is 0 Å². The molecule has 0 aliphatic heterocycles. The van der Waals surface area contributed by atoms with Crippen LogP contribution in [0.4, 0.5) is 4.39 Å². The number of halogens is 3. The first-order valence-electron chi connectivity index (χ1n) is 6.25. The van der Waals surface area contributed by atoms with E-state index in [4.69, 9.17) is 11.6 Å². The van der Waals surface area contributed by atoms with Gasteiger partial charge in [0, 0.05) is 10.9 Å². The van der Waals surface area contributed by atoms with Crippen LogP contribution in [0.1, 0.15) is 48.9 Å². The third-order valence-electron chi connectivity index (χ3n) is 3.56. The Morgan fingerprint density at radius 1 is 1.39 bits per heavy atom. The highest BCUT2D eigenvalue weighted by molar-refractivity contribution is 9.10. The van der Waals surface area contributed by atoms with Crippen molar-refractivity contribution in [2.24, 2.45) is 5.92 Å². The molecule has 18 heavy (non-hydrogen) atoms. The average Bonchev–Trinajstić information content (AvgIpc) is 2.84. The van der Waals surface area contributed by atoms with Crippen LogP contribution in [0.5, 0.6) is 0 Å². The summed E-state index contributed by atoms with van der Waals surface area (Å²) in [6.07, 6.45) is 6.22. The molecule has 0 atom stereocenters. The largest absolute Gasteiger partial charge is 0.294 e. The van der Waals surface area contributed by atoms with E-state index in [-0.39, 0.29) is 11.3 Å². The van der Waals surface area contributed by atoms with Gasteiger partial charge in [-0.15, -0.1) is 0 Å². The Bertz CT molecular complexity index is 455. The van der Waals surface area contributed by atoms with Crippen molar-refractivity contribution in [3.63, 3.8) is 0 Å². The Labute approximate surface area is 120 Å². The van der Waals surface area contributed by atoms with E-state index in [1.165, 1.54) is 37.8 Å². The van der Waals surface area contributed by atoms with Gasteiger partial charge in [-0.05, 0) is 40.4 Å². The molecular formula is C14H15BrClFO. The fourth-order valence-corrected chi connectivity index (χ4v) is 2.98. The lowest BCUT2D eigenvalue weighted by Crippen LogP contribution is -2.05. The predicted molar refractivity (Wildman–Crippen MR) is 74.6 cm³/mol. The fraction of sp³-hybridized carbons (Fsp3) is 0.500. The fourth-order valence-electron chi connectivity index (χ4n) is 2.51. The topological polar surface area (TPSA) is 17.1 Å². The average molecular weight is 334 g/mol. The standard InChI is InChI=1S/C14H15BrClFO/c15-11-8-13(17)10(7-12(11)16)14(18)6-5-9-3-1-2-4-9/h7-9H,1-6H2. The van der Waals surface area contributed by atoms with Crippen LogP contribution >= 0.6 is 27.5 Å². The van der Waals surface area contributed by atoms with Crippen LogP contribution in [-0.2, 0) is 0 Å². The molecule has 1 saturated carbocycles. The molecule has 1 aromatic rings. The molecule has 98 valence electrons. The van der Waals surface area contributed by atoms with Gasteiger partial charge in [0.2, 0.25) is 0 Å². The van der Waals surface area contributed by atoms with E-state index < -0.39 is 5.82 Å². The second-order valence-electron chi connectivity index (χ2n) is 4.86. The summed E-state index contributed by atoms with van der Waals surface area (Å²) in [5.74, 6) is -0.000529. The van der Waals surface area contributed by atoms with Gasteiger partial charge in [-0.25, -0.2) is 4.39 Å². The Hall–Kier alpha value is -0.410. The Balaban J connectivity index is 2.01. The summed E-state index contributed by atoms with van der Waals surface area (Å²) in [5.41, 5.74) is 0.112. The Morgan fingerprint density at radius 2 is 2.06 bits per heavy atom. The molecule has 0 amide bonds. The van der Waals surface area contributed by atoms with Crippen molar-refractivity contribution < 1.29 is 9.18 Å². The van der Waals surface area contributed by atoms with E-state index in [0.717, 1.165) is 6.42 Å². The zero-order valence-corrected chi connectivity index (χ0v) is 12.4. The number of carbonyl (C=O) groups excluding carboxylic acids is 1. The molecule has 1 nitrogen and oxygen atoms in total. The van der Waals surface area contributed by atoms with Crippen molar-refractivity contribution in [2.75, 3.05) is 0 Å². The summed E-state index contributed by atoms with van der Waals surface area (Å²) in [6, 6.07) is 2.67. The first kappa shape index (κ1) is 14.0. The maximum Gasteiger partial charge on any atom is 0.165 e. The molecule has 2 rings (SSSR count). The summed E-state index contributed by atoms with van der Waals surface area (Å²) in [4.78, 5) is 12.0. The minimum Gasteiger partial charge on any atom is -0.294 e. The second kappa shape index (κ2) is 6.16. The van der Waals surface area contributed by atoms with E-state index in [2.05, 4.69) is 15.9 Å². The van der Waals surface area contributed by atoms with Crippen molar-refractivity contribution in [2.45, 2.75) is 38.5 Å². The summed E-state index contributed by atoms with van der Waals surface area (Å²) < 4.78 is 14.2. The maximum atomic E-state index is 13.7. The van der Waals surface area contributed by atoms with Crippen LogP contribution in [0.15, 0.2) is 16.6 Å². The van der Waals surface area contributed by atoms with Gasteiger partial charge < -0.3 is 0 Å². The van der Waals surface area contributed by atoms with Crippen LogP contribution in [0.2, 0.25) is 5.02 Å². The molecule has 0 heterocycles. The van der Waals surface area contributed by atoms with Crippen molar-refractivity contribution in [1.29, 1.82) is 0 Å². The van der Waals surface area contributed by atoms with E-state index >= 15 is 0 Å². The number of ketones is 1. The third kappa shape index (κ3) is 3.33. The number of benzene rings is 1. The quantitative estimate of drug-likeness (QED) is 0.533. The smallest absolute Gasteiger partial charge is 0.165 e.